The van der Waals surface area contributed by atoms with Crippen LogP contribution in [0.3, 0.4) is 0 Å². The Hall–Kier alpha value is -13.5. The molecule has 33 nitrogen and oxygen atoms in total. The number of benzene rings is 4. The minimum absolute atomic E-state index is 0.124. The molecule has 5 saturated heterocycles. The summed E-state index contributed by atoms with van der Waals surface area (Å²) in [5.74, 6) is -1.90. The van der Waals surface area contributed by atoms with Crippen LogP contribution < -0.4 is 0 Å². The first-order valence-electron chi connectivity index (χ1n) is 49.6. The number of rotatable bonds is 16. The monoisotopic (exact) mass is 1970 g/mol. The molecule has 9 aliphatic rings. The van der Waals surface area contributed by atoms with E-state index in [0.29, 0.717) is 185 Å². The van der Waals surface area contributed by atoms with Gasteiger partial charge in [-0.1, -0.05) is 27.7 Å². The molecule has 8 aromatic heterocycles. The third kappa shape index (κ3) is 20.8. The third-order valence-corrected chi connectivity index (χ3v) is 28.5. The first kappa shape index (κ1) is 101. The van der Waals surface area contributed by atoms with Crippen molar-refractivity contribution in [3.05, 3.63) is 214 Å². The van der Waals surface area contributed by atoms with Gasteiger partial charge in [-0.3, -0.25) is 33.6 Å². The van der Waals surface area contributed by atoms with Crippen LogP contribution in [0.25, 0.3) is 67.6 Å². The van der Waals surface area contributed by atoms with Crippen molar-refractivity contribution >= 4 is 70.0 Å². The fourth-order valence-electron chi connectivity index (χ4n) is 19.9. The molecule has 0 radical (unpaired) electrons. The fraction of sp³-hybridized carbons (Fsp3) is 0.477. The summed E-state index contributed by atoms with van der Waals surface area (Å²) in [4.78, 5) is 138. The number of hydrogen-bond donors (Lipinski definition) is 3. The van der Waals surface area contributed by atoms with Crippen LogP contribution in [0.15, 0.2) is 146 Å². The van der Waals surface area contributed by atoms with E-state index in [0.717, 1.165) is 89.5 Å². The van der Waals surface area contributed by atoms with Gasteiger partial charge in [0.25, 0.3) is 41.4 Å². The van der Waals surface area contributed by atoms with Crippen molar-refractivity contribution in [2.75, 3.05) is 91.8 Å². The molecular formula is C107H124F4N20O13. The standard InChI is InChI=1S/C27H32FN5O4.C27H30FN5O3.C27H32FN5O3.C26H30FN5O3/c1-17(2)20-12-21(18-6-8-19(28)9-7-18)30-33-13-22(29-23(20)33)24(34)32-11-10-31(14-27(32)15-36-16-27)25(35)37-26(3,4)5;1-26(2)16-31(25(35)27(36)10-3-11-27)12-13-32(26)24(34)22-15-33-23(29-22)20(17-4-5-17)14-21(30-33)18-6-8-19(28)9-7-18;1-16(2)23(34)26(36)31-11-12-32(27(3,4)15-31)25(35)22-14-33-24(29-22)20(17-5-6-17)13-21(30-33)18-7-9-19(28)10-8-18;1-25(2)15-30(24(34)26(3,4)35)11-12-31(25)23(33)21-14-32-22(28-21)19(16-5-6-16)13-20(29-32)17-7-9-18(27)10-8-17/h6-9,12-13,17H,10-11,14-16H2,1-5H3;6-9,14-15,17,36H,3-5,10-13,16H2,1-2H3;7-10,13-14,16-17,23,34H,5-6,11-12,15H2,1-4H3;7-10,13-14,16,35H,5-6,11-12,15H2,1-4H3. The summed E-state index contributed by atoms with van der Waals surface area (Å²) >= 11 is 0. The molecule has 37 heteroatoms. The molecule has 1 atom stereocenters. The van der Waals surface area contributed by atoms with Crippen molar-refractivity contribution in [2.24, 2.45) is 5.92 Å². The molecule has 21 rings (SSSR count). The molecule has 758 valence electrons. The van der Waals surface area contributed by atoms with Crippen molar-refractivity contribution in [3.8, 4) is 45.0 Å². The van der Waals surface area contributed by atoms with Gasteiger partial charge in [-0.15, -0.1) is 0 Å². The van der Waals surface area contributed by atoms with Gasteiger partial charge in [-0.05, 0) is 285 Å². The first-order chi connectivity index (χ1) is 68.1. The van der Waals surface area contributed by atoms with Gasteiger partial charge in [-0.25, -0.2) is 60.4 Å². The molecule has 8 amide bonds. The summed E-state index contributed by atoms with van der Waals surface area (Å²) in [5, 5.41) is 49.6. The van der Waals surface area contributed by atoms with E-state index in [9.17, 15) is 71.2 Å². The lowest BCUT2D eigenvalue weighted by Crippen LogP contribution is -2.73. The lowest BCUT2D eigenvalue weighted by atomic mass is 9.78. The summed E-state index contributed by atoms with van der Waals surface area (Å²) in [7, 11) is 0. The molecule has 1 unspecified atom stereocenters. The van der Waals surface area contributed by atoms with Gasteiger partial charge in [0.2, 0.25) is 0 Å². The van der Waals surface area contributed by atoms with Crippen LogP contribution >= 0.6 is 0 Å². The van der Waals surface area contributed by atoms with Crippen molar-refractivity contribution in [2.45, 2.75) is 230 Å². The number of aliphatic hydroxyl groups excluding tert-OH is 1. The Morgan fingerprint density at radius 2 is 0.743 bits per heavy atom. The summed E-state index contributed by atoms with van der Waals surface area (Å²) in [6, 6.07) is 32.7. The van der Waals surface area contributed by atoms with Gasteiger partial charge in [0.15, 0.2) is 22.6 Å². The zero-order valence-corrected chi connectivity index (χ0v) is 84.0. The van der Waals surface area contributed by atoms with E-state index in [1.807, 2.05) is 100 Å². The van der Waals surface area contributed by atoms with Crippen molar-refractivity contribution in [1.29, 1.82) is 0 Å². The van der Waals surface area contributed by atoms with Crippen LogP contribution in [-0.4, -0.2) is 297 Å². The molecule has 3 N–H and O–H groups in total. The number of aliphatic hydroxyl groups is 3. The summed E-state index contributed by atoms with van der Waals surface area (Å²) in [5.41, 5.74) is 8.01. The van der Waals surface area contributed by atoms with E-state index in [2.05, 4.69) is 44.2 Å². The third-order valence-electron chi connectivity index (χ3n) is 28.5. The summed E-state index contributed by atoms with van der Waals surface area (Å²) in [6.07, 6.45) is 13.4. The number of nitrogens with zero attached hydrogens (tertiary/aromatic N) is 20. The number of carbonyl (C=O) groups is 8. The topological polar surface area (TPSA) is 362 Å². The van der Waals surface area contributed by atoms with Crippen LogP contribution in [0.2, 0.25) is 0 Å². The number of halogens is 4. The maximum atomic E-state index is 13.7. The number of ether oxygens (including phenoxy) is 2. The van der Waals surface area contributed by atoms with Gasteiger partial charge in [0, 0.05) is 116 Å². The summed E-state index contributed by atoms with van der Waals surface area (Å²) < 4.78 is 71.4. The minimum Gasteiger partial charge on any atom is -0.444 e. The molecule has 4 aliphatic carbocycles. The van der Waals surface area contributed by atoms with Crippen LogP contribution in [0.5, 0.6) is 0 Å². The molecule has 12 aromatic rings. The fourth-order valence-corrected chi connectivity index (χ4v) is 19.9. The molecule has 4 aromatic carbocycles. The van der Waals surface area contributed by atoms with E-state index in [1.54, 1.807) is 131 Å². The quantitative estimate of drug-likeness (QED) is 0.0756. The number of carbonyl (C=O) groups excluding carboxylic acids is 8. The normalized spacial score (nSPS) is 18.8. The maximum Gasteiger partial charge on any atom is 0.410 e. The zero-order valence-electron chi connectivity index (χ0n) is 84.0. The largest absolute Gasteiger partial charge is 0.444 e. The Morgan fingerprint density at radius 3 is 1.06 bits per heavy atom. The lowest BCUT2D eigenvalue weighted by molar-refractivity contribution is -0.164. The highest BCUT2D eigenvalue weighted by molar-refractivity contribution is 5.97. The van der Waals surface area contributed by atoms with Gasteiger partial charge in [0.1, 0.15) is 74.5 Å². The van der Waals surface area contributed by atoms with Crippen molar-refractivity contribution in [1.82, 2.24) is 97.6 Å². The van der Waals surface area contributed by atoms with Gasteiger partial charge in [-0.2, -0.15) is 20.4 Å². The van der Waals surface area contributed by atoms with Gasteiger partial charge >= 0.3 is 6.09 Å². The molecule has 0 bridgehead atoms. The van der Waals surface area contributed by atoms with E-state index in [-0.39, 0.29) is 82.1 Å². The second-order valence-corrected chi connectivity index (χ2v) is 43.8. The Bertz CT molecular complexity index is 6970. The highest BCUT2D eigenvalue weighted by atomic mass is 19.1. The van der Waals surface area contributed by atoms with Crippen LogP contribution in [0.1, 0.15) is 250 Å². The molecule has 144 heavy (non-hydrogen) atoms. The van der Waals surface area contributed by atoms with Crippen LogP contribution in [-0.2, 0) is 23.9 Å². The van der Waals surface area contributed by atoms with Gasteiger partial charge < -0.3 is 64.0 Å². The second kappa shape index (κ2) is 38.5. The number of hydrogen-bond acceptors (Lipinski definition) is 21. The Morgan fingerprint density at radius 1 is 0.424 bits per heavy atom. The average molecular weight is 1970 g/mol. The summed E-state index contributed by atoms with van der Waals surface area (Å²) in [6.45, 7) is 32.5. The molecule has 5 aliphatic heterocycles. The highest BCUT2D eigenvalue weighted by Gasteiger charge is 2.54. The van der Waals surface area contributed by atoms with E-state index < -0.39 is 51.2 Å². The van der Waals surface area contributed by atoms with Gasteiger partial charge in [0.05, 0.1) is 83.9 Å². The molecule has 4 saturated carbocycles. The Labute approximate surface area is 831 Å². The van der Waals surface area contributed by atoms with E-state index >= 15 is 0 Å². The number of amides is 8. The second-order valence-electron chi connectivity index (χ2n) is 43.8. The smallest absolute Gasteiger partial charge is 0.410 e. The average Bonchev–Trinajstić information content (AvgIpc) is 1.19. The van der Waals surface area contributed by atoms with E-state index in [4.69, 9.17) is 19.4 Å². The number of piperazine rings is 4. The number of fused-ring (bicyclic) bond motifs is 4. The van der Waals surface area contributed by atoms with Crippen LogP contribution in [0, 0.1) is 29.2 Å². The zero-order chi connectivity index (χ0) is 103. The predicted molar refractivity (Wildman–Crippen MR) is 527 cm³/mol. The molecule has 13 heterocycles. The molecule has 1 spiro atoms. The van der Waals surface area contributed by atoms with Crippen molar-refractivity contribution in [3.63, 3.8) is 0 Å². The first-order valence-corrected chi connectivity index (χ1v) is 49.6. The maximum absolute atomic E-state index is 13.7. The highest BCUT2D eigenvalue weighted by Crippen LogP contribution is 2.47. The minimum atomic E-state index is -1.46. The number of imidazole rings is 4. The number of aromatic nitrogens is 12. The van der Waals surface area contributed by atoms with Crippen LogP contribution in [0.4, 0.5) is 22.4 Å². The van der Waals surface area contributed by atoms with Crippen molar-refractivity contribution < 1.29 is 80.7 Å². The molecular weight excluding hydrogens is 1850 g/mol. The predicted octanol–water partition coefficient (Wildman–Crippen LogP) is 14.3. The van der Waals surface area contributed by atoms with E-state index in [1.165, 1.54) is 62.4 Å². The Kier molecular flexibility index (Phi) is 26.9. The Balaban J connectivity index is 0.000000126. The lowest BCUT2D eigenvalue weighted by Gasteiger charge is -2.54. The molecule has 9 fully saturated rings. The SMILES string of the molecule is CC(C)(O)C(=O)N1CCN(C(=O)c2cn3nc(-c4ccc(F)cc4)cc(C4CC4)c3n2)C(C)(C)C1.CC(C)C(O)C(=O)N1CCN(C(=O)c2cn3nc(-c4ccc(F)cc4)cc(C4CC4)c3n2)C(C)(C)C1.CC(C)c1cc(-c2ccc(F)cc2)nn2cc(C(=O)N3CCN(C(=O)OC(C)(C)C)CC34COC4)nc12.CC1(C)CN(C(=O)C2(O)CCC2)CCN1C(=O)c1cn2nc(-c3ccc(F)cc3)cc(C3CC3)c2n1.